The molecule has 0 atom stereocenters. The number of carboxylic acid groups (broad SMARTS) is 1. The SMILES string of the molecule is O=C(Cc1csc2ccccc12)Oc1ccc(C(=O)N2CCC(C(=O)O)CC2)cc1. The monoisotopic (exact) mass is 423 g/mol. The van der Waals surface area contributed by atoms with Crippen molar-refractivity contribution in [3.63, 3.8) is 0 Å². The normalized spacial score (nSPS) is 14.6. The lowest BCUT2D eigenvalue weighted by molar-refractivity contribution is -0.143. The van der Waals surface area contributed by atoms with Crippen LogP contribution in [0.3, 0.4) is 0 Å². The molecule has 0 unspecified atom stereocenters. The van der Waals surface area contributed by atoms with Gasteiger partial charge in [0.1, 0.15) is 5.75 Å². The number of piperidine rings is 1. The number of amides is 1. The smallest absolute Gasteiger partial charge is 0.315 e. The van der Waals surface area contributed by atoms with E-state index in [2.05, 4.69) is 0 Å². The Morgan fingerprint density at radius 3 is 2.43 bits per heavy atom. The van der Waals surface area contributed by atoms with E-state index in [0.29, 0.717) is 37.2 Å². The first-order chi connectivity index (χ1) is 14.5. The summed E-state index contributed by atoms with van der Waals surface area (Å²) >= 11 is 1.60. The minimum Gasteiger partial charge on any atom is -0.481 e. The summed E-state index contributed by atoms with van der Waals surface area (Å²) in [5, 5.41) is 12.1. The van der Waals surface area contributed by atoms with E-state index in [1.807, 2.05) is 29.6 Å². The van der Waals surface area contributed by atoms with Gasteiger partial charge < -0.3 is 14.7 Å². The summed E-state index contributed by atoms with van der Waals surface area (Å²) in [6.45, 7) is 0.863. The quantitative estimate of drug-likeness (QED) is 0.496. The number of hydrogen-bond acceptors (Lipinski definition) is 5. The number of nitrogens with zero attached hydrogens (tertiary/aromatic N) is 1. The average Bonchev–Trinajstić information content (AvgIpc) is 3.16. The fourth-order valence-electron chi connectivity index (χ4n) is 3.67. The van der Waals surface area contributed by atoms with Gasteiger partial charge in [0.15, 0.2) is 0 Å². The van der Waals surface area contributed by atoms with Crippen molar-refractivity contribution < 1.29 is 24.2 Å². The van der Waals surface area contributed by atoms with Crippen molar-refractivity contribution in [1.29, 1.82) is 0 Å². The van der Waals surface area contributed by atoms with Gasteiger partial charge in [-0.15, -0.1) is 11.3 Å². The van der Waals surface area contributed by atoms with Crippen molar-refractivity contribution in [3.05, 3.63) is 65.0 Å². The zero-order chi connectivity index (χ0) is 21.1. The Balaban J connectivity index is 1.35. The number of thiophene rings is 1. The summed E-state index contributed by atoms with van der Waals surface area (Å²) in [6.07, 6.45) is 1.12. The molecule has 7 heteroatoms. The van der Waals surface area contributed by atoms with Gasteiger partial charge >= 0.3 is 11.9 Å². The van der Waals surface area contributed by atoms with Gasteiger partial charge in [0.2, 0.25) is 0 Å². The molecule has 1 amide bonds. The Bertz CT molecular complexity index is 1080. The molecule has 0 radical (unpaired) electrons. The molecule has 0 spiro atoms. The highest BCUT2D eigenvalue weighted by Gasteiger charge is 2.27. The Morgan fingerprint density at radius 1 is 1.03 bits per heavy atom. The maximum Gasteiger partial charge on any atom is 0.315 e. The number of benzene rings is 2. The molecule has 0 bridgehead atoms. The van der Waals surface area contributed by atoms with Crippen LogP contribution >= 0.6 is 11.3 Å². The second-order valence-electron chi connectivity index (χ2n) is 7.34. The number of fused-ring (bicyclic) bond motifs is 1. The molecule has 2 heterocycles. The first-order valence-electron chi connectivity index (χ1n) is 9.79. The molecule has 1 aliphatic rings. The maximum absolute atomic E-state index is 12.6. The van der Waals surface area contributed by atoms with Crippen LogP contribution in [0, 0.1) is 5.92 Å². The molecule has 0 saturated carbocycles. The molecule has 0 aliphatic carbocycles. The lowest BCUT2D eigenvalue weighted by atomic mass is 9.96. The van der Waals surface area contributed by atoms with E-state index in [4.69, 9.17) is 9.84 Å². The minimum absolute atomic E-state index is 0.138. The van der Waals surface area contributed by atoms with Crippen LogP contribution in [0.25, 0.3) is 10.1 Å². The lowest BCUT2D eigenvalue weighted by Gasteiger charge is -2.30. The van der Waals surface area contributed by atoms with E-state index in [9.17, 15) is 14.4 Å². The van der Waals surface area contributed by atoms with Crippen LogP contribution in [0.15, 0.2) is 53.9 Å². The van der Waals surface area contributed by atoms with Gasteiger partial charge in [-0.25, -0.2) is 0 Å². The molecule has 4 rings (SSSR count). The number of hydrogen-bond donors (Lipinski definition) is 1. The van der Waals surface area contributed by atoms with E-state index >= 15 is 0 Å². The number of aliphatic carboxylic acids is 1. The molecule has 3 aromatic rings. The predicted octanol–water partition coefficient (Wildman–Crippen LogP) is 3.99. The zero-order valence-electron chi connectivity index (χ0n) is 16.2. The third kappa shape index (κ3) is 4.36. The fourth-order valence-corrected chi connectivity index (χ4v) is 4.63. The predicted molar refractivity (Wildman–Crippen MR) is 114 cm³/mol. The molecule has 1 aromatic heterocycles. The maximum atomic E-state index is 12.6. The largest absolute Gasteiger partial charge is 0.481 e. The van der Waals surface area contributed by atoms with Crippen molar-refractivity contribution in [2.45, 2.75) is 19.3 Å². The van der Waals surface area contributed by atoms with Gasteiger partial charge in [-0.2, -0.15) is 0 Å². The van der Waals surface area contributed by atoms with E-state index < -0.39 is 5.97 Å². The standard InChI is InChI=1S/C23H21NO5S/c25-21(13-17-14-30-20-4-2-1-3-19(17)20)29-18-7-5-15(6-8-18)22(26)24-11-9-16(10-12-24)23(27)28/h1-8,14,16H,9-13H2,(H,27,28). The molecular weight excluding hydrogens is 402 g/mol. The summed E-state index contributed by atoms with van der Waals surface area (Å²) < 4.78 is 6.57. The number of likely N-dealkylation sites (tertiary alicyclic amines) is 1. The first kappa shape index (κ1) is 20.1. The van der Waals surface area contributed by atoms with Crippen molar-refractivity contribution in [2.75, 3.05) is 13.1 Å². The number of esters is 1. The fraction of sp³-hybridized carbons (Fsp3) is 0.261. The van der Waals surface area contributed by atoms with Crippen molar-refractivity contribution in [3.8, 4) is 5.75 Å². The van der Waals surface area contributed by atoms with Crippen LogP contribution in [-0.4, -0.2) is 40.9 Å². The van der Waals surface area contributed by atoms with Crippen molar-refractivity contribution >= 4 is 39.3 Å². The van der Waals surface area contributed by atoms with Crippen molar-refractivity contribution in [2.24, 2.45) is 5.92 Å². The second kappa shape index (κ2) is 8.67. The molecule has 154 valence electrons. The lowest BCUT2D eigenvalue weighted by Crippen LogP contribution is -2.40. The number of rotatable bonds is 5. The van der Waals surface area contributed by atoms with E-state index in [-0.39, 0.29) is 24.2 Å². The minimum atomic E-state index is -0.802. The molecule has 30 heavy (non-hydrogen) atoms. The molecule has 1 fully saturated rings. The highest BCUT2D eigenvalue weighted by molar-refractivity contribution is 7.17. The van der Waals surface area contributed by atoms with Crippen LogP contribution in [0.4, 0.5) is 0 Å². The Morgan fingerprint density at radius 2 is 1.73 bits per heavy atom. The third-order valence-electron chi connectivity index (χ3n) is 5.36. The summed E-state index contributed by atoms with van der Waals surface area (Å²) in [7, 11) is 0. The number of carbonyl (C=O) groups is 3. The first-order valence-corrected chi connectivity index (χ1v) is 10.7. The van der Waals surface area contributed by atoms with Gasteiger partial charge in [-0.1, -0.05) is 18.2 Å². The van der Waals surface area contributed by atoms with Gasteiger partial charge in [-0.3, -0.25) is 14.4 Å². The Labute approximate surface area is 177 Å². The molecule has 1 saturated heterocycles. The molecule has 1 N–H and O–H groups in total. The van der Waals surface area contributed by atoms with Gasteiger partial charge in [-0.05, 0) is 59.5 Å². The van der Waals surface area contributed by atoms with Crippen molar-refractivity contribution in [1.82, 2.24) is 4.90 Å². The molecular formula is C23H21NO5S. The van der Waals surface area contributed by atoms with E-state index in [0.717, 1.165) is 15.6 Å². The van der Waals surface area contributed by atoms with Crippen LogP contribution in [0.5, 0.6) is 5.75 Å². The average molecular weight is 423 g/mol. The van der Waals surface area contributed by atoms with Gasteiger partial charge in [0.05, 0.1) is 12.3 Å². The highest BCUT2D eigenvalue weighted by atomic mass is 32.1. The number of carbonyl (C=O) groups excluding carboxylic acids is 2. The van der Waals surface area contributed by atoms with Crippen LogP contribution in [0.2, 0.25) is 0 Å². The number of ether oxygens (including phenoxy) is 1. The Hall–Kier alpha value is -3.19. The topological polar surface area (TPSA) is 83.9 Å². The number of carboxylic acids is 1. The van der Waals surface area contributed by atoms with Gasteiger partial charge in [0.25, 0.3) is 5.91 Å². The van der Waals surface area contributed by atoms with E-state index in [1.165, 1.54) is 0 Å². The second-order valence-corrected chi connectivity index (χ2v) is 8.25. The molecule has 6 nitrogen and oxygen atoms in total. The molecule has 2 aromatic carbocycles. The summed E-state index contributed by atoms with van der Waals surface area (Å²) in [4.78, 5) is 37.7. The van der Waals surface area contributed by atoms with Gasteiger partial charge in [0, 0.05) is 23.4 Å². The summed E-state index contributed by atoms with van der Waals surface area (Å²) in [5.74, 6) is -1.28. The molecule has 1 aliphatic heterocycles. The highest BCUT2D eigenvalue weighted by Crippen LogP contribution is 2.26. The Kier molecular flexibility index (Phi) is 5.81. The third-order valence-corrected chi connectivity index (χ3v) is 6.37. The van der Waals surface area contributed by atoms with Crippen LogP contribution in [0.1, 0.15) is 28.8 Å². The van der Waals surface area contributed by atoms with E-state index in [1.54, 1.807) is 40.5 Å². The summed E-state index contributed by atoms with van der Waals surface area (Å²) in [5.41, 5.74) is 1.43. The zero-order valence-corrected chi connectivity index (χ0v) is 17.1. The summed E-state index contributed by atoms with van der Waals surface area (Å²) in [6, 6.07) is 14.4. The van der Waals surface area contributed by atoms with Crippen LogP contribution < -0.4 is 4.74 Å². The van der Waals surface area contributed by atoms with Crippen LogP contribution in [-0.2, 0) is 16.0 Å².